The Morgan fingerprint density at radius 3 is 2.82 bits per heavy atom. The first-order valence-corrected chi connectivity index (χ1v) is 11.3. The van der Waals surface area contributed by atoms with Crippen molar-refractivity contribution in [1.29, 1.82) is 0 Å². The number of hydrogen-bond acceptors (Lipinski definition) is 14. The van der Waals surface area contributed by atoms with E-state index in [1.165, 1.54) is 23.0 Å². The van der Waals surface area contributed by atoms with Crippen LogP contribution < -0.4 is 16.8 Å². The molecular formula is C16H17FN10O5S2. The van der Waals surface area contributed by atoms with Crippen LogP contribution in [0, 0.1) is 0 Å². The molecule has 4 heterocycles. The number of anilines is 1. The van der Waals surface area contributed by atoms with Crippen molar-refractivity contribution >= 4 is 64.1 Å². The van der Waals surface area contributed by atoms with Crippen molar-refractivity contribution < 1.29 is 28.7 Å². The summed E-state index contributed by atoms with van der Waals surface area (Å²) in [5.74, 6) is -2.69. The van der Waals surface area contributed by atoms with Crippen LogP contribution in [0.1, 0.15) is 5.82 Å². The van der Waals surface area contributed by atoms with Crippen molar-refractivity contribution in [2.45, 2.75) is 11.4 Å². The molecule has 1 aromatic rings. The molecule has 0 aromatic carbocycles. The monoisotopic (exact) mass is 512 g/mol. The second-order valence-electron chi connectivity index (χ2n) is 6.78. The summed E-state index contributed by atoms with van der Waals surface area (Å²) in [6, 6.07) is -1.07. The van der Waals surface area contributed by atoms with Gasteiger partial charge in [-0.2, -0.15) is 14.5 Å². The number of fused-ring (bicyclic) bond motifs is 1. The summed E-state index contributed by atoms with van der Waals surface area (Å²) >= 11 is 2.01. The maximum atomic E-state index is 12.8. The van der Waals surface area contributed by atoms with Crippen LogP contribution in [0.2, 0.25) is 0 Å². The van der Waals surface area contributed by atoms with Crippen LogP contribution in [0.3, 0.4) is 0 Å². The van der Waals surface area contributed by atoms with Gasteiger partial charge in [0.2, 0.25) is 17.5 Å². The first-order valence-electron chi connectivity index (χ1n) is 9.50. The summed E-state index contributed by atoms with van der Waals surface area (Å²) in [4.78, 5) is 50.6. The van der Waals surface area contributed by atoms with Gasteiger partial charge in [-0.15, -0.1) is 11.8 Å². The average molecular weight is 513 g/mol. The molecule has 3 aliphatic heterocycles. The minimum atomic E-state index is -1.33. The summed E-state index contributed by atoms with van der Waals surface area (Å²) in [5.41, 5.74) is 10.8. The molecule has 0 spiro atoms. The number of halogens is 1. The normalized spacial score (nSPS) is 22.6. The predicted molar refractivity (Wildman–Crippen MR) is 119 cm³/mol. The fraction of sp³-hybridized carbons (Fsp3) is 0.375. The van der Waals surface area contributed by atoms with E-state index in [2.05, 4.69) is 34.8 Å². The summed E-state index contributed by atoms with van der Waals surface area (Å²) in [6.45, 7) is -0.376. The van der Waals surface area contributed by atoms with Crippen molar-refractivity contribution in [3.8, 4) is 0 Å². The van der Waals surface area contributed by atoms with Gasteiger partial charge in [0.05, 0.1) is 19.3 Å². The molecular weight excluding hydrogens is 495 g/mol. The number of β-lactam (4-membered cyclic amide) rings is 1. The van der Waals surface area contributed by atoms with E-state index in [0.717, 1.165) is 16.4 Å². The number of oxime groups is 1. The van der Waals surface area contributed by atoms with Crippen molar-refractivity contribution in [3.05, 3.63) is 17.1 Å². The lowest BCUT2D eigenvalue weighted by atomic mass is 10.0. The summed E-state index contributed by atoms with van der Waals surface area (Å²) < 4.78 is 16.3. The van der Waals surface area contributed by atoms with E-state index in [1.54, 1.807) is 0 Å². The van der Waals surface area contributed by atoms with E-state index in [9.17, 15) is 23.9 Å². The number of aliphatic carboxylic acids is 1. The molecule has 1 fully saturated rings. The molecule has 2 amide bonds. The molecule has 2 atom stereocenters. The quantitative estimate of drug-likeness (QED) is 0.172. The first kappa shape index (κ1) is 23.4. The van der Waals surface area contributed by atoms with Crippen molar-refractivity contribution in [2.75, 3.05) is 31.4 Å². The lowest BCUT2D eigenvalue weighted by Crippen LogP contribution is -2.71. The lowest BCUT2D eigenvalue weighted by molar-refractivity contribution is -0.150. The number of alkyl halides is 1. The van der Waals surface area contributed by atoms with Gasteiger partial charge in [0, 0.05) is 22.9 Å². The highest BCUT2D eigenvalue weighted by atomic mass is 32.2. The fourth-order valence-corrected chi connectivity index (χ4v) is 5.00. The second kappa shape index (κ2) is 9.59. The van der Waals surface area contributed by atoms with Crippen LogP contribution in [0.25, 0.3) is 0 Å². The van der Waals surface area contributed by atoms with Crippen LogP contribution in [0.4, 0.5) is 9.52 Å². The van der Waals surface area contributed by atoms with E-state index < -0.39 is 41.8 Å². The Labute approximate surface area is 198 Å². The van der Waals surface area contributed by atoms with Crippen LogP contribution in [0.5, 0.6) is 0 Å². The largest absolute Gasteiger partial charge is 0.477 e. The second-order valence-corrected chi connectivity index (χ2v) is 8.67. The average Bonchev–Trinajstić information content (AvgIpc) is 3.43. The molecule has 34 heavy (non-hydrogen) atoms. The molecule has 0 saturated carbocycles. The van der Waals surface area contributed by atoms with Gasteiger partial charge in [0.15, 0.2) is 5.13 Å². The Morgan fingerprint density at radius 1 is 1.41 bits per heavy atom. The zero-order valence-electron chi connectivity index (χ0n) is 17.1. The smallest absolute Gasteiger partial charge is 0.353 e. The Hall–Kier alpha value is -3.80. The zero-order valence-corrected chi connectivity index (χ0v) is 18.8. The van der Waals surface area contributed by atoms with Gasteiger partial charge in [-0.3, -0.25) is 14.5 Å². The van der Waals surface area contributed by atoms with Gasteiger partial charge in [-0.1, -0.05) is 5.16 Å². The number of carbonyl (C=O) groups excluding carboxylic acids is 2. The Balaban J connectivity index is 1.51. The Morgan fingerprint density at radius 2 is 2.21 bits per heavy atom. The van der Waals surface area contributed by atoms with Crippen molar-refractivity contribution in [3.63, 3.8) is 0 Å². The highest BCUT2D eigenvalue weighted by Gasteiger charge is 2.54. The van der Waals surface area contributed by atoms with Gasteiger partial charge in [-0.05, 0) is 0 Å². The number of aromatic nitrogens is 2. The van der Waals surface area contributed by atoms with E-state index >= 15 is 0 Å². The molecule has 15 nitrogen and oxygen atoms in total. The summed E-state index contributed by atoms with van der Waals surface area (Å²) in [6.07, 6.45) is 1.33. The van der Waals surface area contributed by atoms with Gasteiger partial charge in [0.1, 0.15) is 17.1 Å². The number of carbonyl (C=O) groups is 3. The standard InChI is InChI=1S/C16H17FN10O5S2/c17-5-32-24-7(10-23-16(19)34-25-10)11(28)22-8-12(29)27-9(14(30)31)6(4-33-13(8)27)3-21-26-2-1-20-15(26)18/h3,8,13H,1-2,4-5H2,(H2,18,20)(H,22,28)(H,30,31)(H2,19,23,25)/b21-3+,24-7-/t8-,13-/m1/s1. The highest BCUT2D eigenvalue weighted by Crippen LogP contribution is 2.40. The van der Waals surface area contributed by atoms with Gasteiger partial charge < -0.3 is 26.7 Å². The Kier molecular flexibility index (Phi) is 6.59. The van der Waals surface area contributed by atoms with Crippen molar-refractivity contribution in [1.82, 2.24) is 24.6 Å². The third-order valence-corrected chi connectivity index (χ3v) is 6.61. The minimum Gasteiger partial charge on any atom is -0.477 e. The number of nitrogens with one attached hydrogen (secondary N) is 1. The number of nitrogens with zero attached hydrogens (tertiary/aromatic N) is 7. The molecule has 180 valence electrons. The van der Waals surface area contributed by atoms with Gasteiger partial charge in [0.25, 0.3) is 18.7 Å². The third kappa shape index (κ3) is 4.36. The molecule has 0 bridgehead atoms. The van der Waals surface area contributed by atoms with E-state index in [4.69, 9.17) is 11.5 Å². The topological polar surface area (TPSA) is 214 Å². The number of nitrogen functional groups attached to an aromatic ring is 1. The maximum absolute atomic E-state index is 12.8. The highest BCUT2D eigenvalue weighted by molar-refractivity contribution is 8.00. The molecule has 1 aromatic heterocycles. The molecule has 6 N–H and O–H groups in total. The number of hydrazone groups is 1. The SMILES string of the molecule is NC1=NCCN1/N=C/C1=C(C(=O)O)N2C(=O)[C@@H](NC(=O)/C(=N\OCF)c3nsc(N)n3)[C@H]2SC1. The molecule has 18 heteroatoms. The zero-order chi connectivity index (χ0) is 24.4. The van der Waals surface area contributed by atoms with Crippen molar-refractivity contribution in [2.24, 2.45) is 21.0 Å². The van der Waals surface area contributed by atoms with E-state index in [0.29, 0.717) is 18.7 Å². The molecule has 0 aliphatic carbocycles. The lowest BCUT2D eigenvalue weighted by Gasteiger charge is -2.49. The van der Waals surface area contributed by atoms with Gasteiger partial charge in [-0.25, -0.2) is 19.2 Å². The van der Waals surface area contributed by atoms with Crippen LogP contribution in [0.15, 0.2) is 26.5 Å². The predicted octanol–water partition coefficient (Wildman–Crippen LogP) is -1.88. The summed E-state index contributed by atoms with van der Waals surface area (Å²) in [7, 11) is 0. The van der Waals surface area contributed by atoms with Crippen LogP contribution in [-0.4, -0.2) is 97.2 Å². The number of hydrogen-bond donors (Lipinski definition) is 4. The number of carboxylic acid groups (broad SMARTS) is 1. The number of nitrogens with two attached hydrogens (primary N) is 2. The van der Waals surface area contributed by atoms with E-state index in [1.807, 2.05) is 0 Å². The molecule has 0 radical (unpaired) electrons. The van der Waals surface area contributed by atoms with Crippen LogP contribution in [-0.2, 0) is 19.2 Å². The number of rotatable bonds is 8. The number of guanidine groups is 1. The summed E-state index contributed by atoms with van der Waals surface area (Å²) in [5, 5.41) is 20.5. The fourth-order valence-electron chi connectivity index (χ4n) is 3.27. The molecule has 4 rings (SSSR count). The number of aliphatic imine (C=N–C) groups is 1. The number of carboxylic acids is 1. The number of thioether (sulfide) groups is 1. The van der Waals surface area contributed by atoms with Gasteiger partial charge >= 0.3 is 5.97 Å². The number of amides is 2. The maximum Gasteiger partial charge on any atom is 0.353 e. The third-order valence-electron chi connectivity index (χ3n) is 4.76. The first-order chi connectivity index (χ1) is 16.3. The van der Waals surface area contributed by atoms with Crippen LogP contribution >= 0.6 is 23.3 Å². The van der Waals surface area contributed by atoms with E-state index in [-0.39, 0.29) is 28.4 Å². The Bertz CT molecular complexity index is 1150. The molecule has 0 unspecified atom stereocenters. The molecule has 1 saturated heterocycles. The molecule has 3 aliphatic rings. The minimum absolute atomic E-state index is 0.0388.